The molecule has 7 nitrogen and oxygen atoms in total. The summed E-state index contributed by atoms with van der Waals surface area (Å²) in [7, 11) is 0. The number of aromatic nitrogens is 2. The fourth-order valence-electron chi connectivity index (χ4n) is 2.36. The first kappa shape index (κ1) is 17.7. The van der Waals surface area contributed by atoms with Gasteiger partial charge in [-0.1, -0.05) is 0 Å². The molecule has 0 atom stereocenters. The maximum Gasteiger partial charge on any atom is 0.270 e. The molecule has 0 saturated carbocycles. The lowest BCUT2D eigenvalue weighted by molar-refractivity contribution is -0.384. The van der Waals surface area contributed by atoms with E-state index in [1.54, 1.807) is 23.0 Å². The van der Waals surface area contributed by atoms with Gasteiger partial charge in [0.2, 0.25) is 0 Å². The molecule has 0 bridgehead atoms. The van der Waals surface area contributed by atoms with Crippen LogP contribution >= 0.6 is 0 Å². The number of hydrogen-bond acceptors (Lipinski definition) is 4. The smallest absolute Gasteiger partial charge is 0.270 e. The molecule has 2 rings (SSSR count). The van der Waals surface area contributed by atoms with Gasteiger partial charge < -0.3 is 5.32 Å². The van der Waals surface area contributed by atoms with Gasteiger partial charge in [0.25, 0.3) is 11.6 Å². The largest absolute Gasteiger partial charge is 0.347 e. The molecule has 1 N–H and O–H groups in total. The van der Waals surface area contributed by atoms with Crippen LogP contribution < -0.4 is 5.32 Å². The van der Waals surface area contributed by atoms with Crippen molar-refractivity contribution < 1.29 is 9.72 Å². The second-order valence-corrected chi connectivity index (χ2v) is 6.98. The molecule has 0 saturated heterocycles. The summed E-state index contributed by atoms with van der Waals surface area (Å²) in [5, 5.41) is 18.3. The average molecular weight is 330 g/mol. The van der Waals surface area contributed by atoms with Gasteiger partial charge in [0, 0.05) is 41.0 Å². The van der Waals surface area contributed by atoms with Crippen LogP contribution in [-0.2, 0) is 0 Å². The normalized spacial score (nSPS) is 11.6. The third kappa shape index (κ3) is 3.98. The molecule has 0 unspecified atom stereocenters. The van der Waals surface area contributed by atoms with E-state index in [1.807, 2.05) is 34.6 Å². The number of carbonyl (C=O) groups is 1. The van der Waals surface area contributed by atoms with Gasteiger partial charge in [-0.25, -0.2) is 0 Å². The van der Waals surface area contributed by atoms with E-state index in [4.69, 9.17) is 0 Å². The number of rotatable bonds is 4. The number of nitrogens with one attached hydrogen (secondary N) is 1. The van der Waals surface area contributed by atoms with Crippen molar-refractivity contribution in [3.63, 3.8) is 0 Å². The first-order chi connectivity index (χ1) is 11.1. The van der Waals surface area contributed by atoms with Gasteiger partial charge in [-0.15, -0.1) is 0 Å². The van der Waals surface area contributed by atoms with Crippen molar-refractivity contribution in [2.24, 2.45) is 0 Å². The van der Waals surface area contributed by atoms with Crippen molar-refractivity contribution in [3.8, 4) is 11.3 Å². The van der Waals surface area contributed by atoms with Gasteiger partial charge in [-0.2, -0.15) is 5.10 Å². The monoisotopic (exact) mass is 330 g/mol. The average Bonchev–Trinajstić information content (AvgIpc) is 2.94. The van der Waals surface area contributed by atoms with Crippen LogP contribution in [0.5, 0.6) is 0 Å². The topological polar surface area (TPSA) is 90.1 Å². The van der Waals surface area contributed by atoms with Gasteiger partial charge in [0.1, 0.15) is 0 Å². The van der Waals surface area contributed by atoms with E-state index in [-0.39, 0.29) is 23.2 Å². The molecule has 0 aliphatic rings. The number of nitro groups is 1. The highest BCUT2D eigenvalue weighted by Crippen LogP contribution is 2.28. The van der Waals surface area contributed by atoms with Crippen LogP contribution in [0.4, 0.5) is 5.69 Å². The fourth-order valence-corrected chi connectivity index (χ4v) is 2.36. The standard InChI is InChI=1S/C17H22N4O3/c1-11(2)20-15(6-7-18-20)12-8-13(10-14(9-12)21(23)24)16(22)19-17(3,4)5/h6-11H,1-5H3,(H,19,22). The highest BCUT2D eigenvalue weighted by atomic mass is 16.6. The second-order valence-electron chi connectivity index (χ2n) is 6.98. The Balaban J connectivity index is 2.55. The fraction of sp³-hybridized carbons (Fsp3) is 0.412. The van der Waals surface area contributed by atoms with Crippen molar-refractivity contribution in [2.75, 3.05) is 0 Å². The molecule has 128 valence electrons. The second kappa shape index (κ2) is 6.43. The summed E-state index contributed by atoms with van der Waals surface area (Å²) in [6.07, 6.45) is 1.64. The lowest BCUT2D eigenvalue weighted by Gasteiger charge is -2.20. The molecule has 1 amide bonds. The third-order valence-corrected chi connectivity index (χ3v) is 3.33. The molecule has 7 heteroatoms. The maximum atomic E-state index is 12.4. The van der Waals surface area contributed by atoms with Crippen LogP contribution in [0.25, 0.3) is 11.3 Å². The number of hydrogen-bond donors (Lipinski definition) is 1. The van der Waals surface area contributed by atoms with Crippen LogP contribution in [0.15, 0.2) is 30.5 Å². The number of amides is 1. The molecule has 24 heavy (non-hydrogen) atoms. The summed E-state index contributed by atoms with van der Waals surface area (Å²) in [5.74, 6) is -0.344. The zero-order chi connectivity index (χ0) is 18.1. The molecule has 1 aromatic heterocycles. The van der Waals surface area contributed by atoms with E-state index in [2.05, 4.69) is 10.4 Å². The van der Waals surface area contributed by atoms with Crippen LogP contribution in [0, 0.1) is 10.1 Å². The Labute approximate surface area is 140 Å². The quantitative estimate of drug-likeness (QED) is 0.685. The van der Waals surface area contributed by atoms with E-state index >= 15 is 0 Å². The van der Waals surface area contributed by atoms with E-state index < -0.39 is 10.5 Å². The Kier molecular flexibility index (Phi) is 4.73. The minimum Gasteiger partial charge on any atom is -0.347 e. The highest BCUT2D eigenvalue weighted by Gasteiger charge is 2.20. The molecule has 1 heterocycles. The predicted octanol–water partition coefficient (Wildman–Crippen LogP) is 3.57. The first-order valence-electron chi connectivity index (χ1n) is 7.74. The molecule has 0 aliphatic heterocycles. The van der Waals surface area contributed by atoms with Crippen LogP contribution in [0.3, 0.4) is 0 Å². The zero-order valence-electron chi connectivity index (χ0n) is 14.5. The Morgan fingerprint density at radius 1 is 1.29 bits per heavy atom. The van der Waals surface area contributed by atoms with Crippen molar-refractivity contribution >= 4 is 11.6 Å². The maximum absolute atomic E-state index is 12.4. The molecule has 0 spiro atoms. The minimum absolute atomic E-state index is 0.0983. The summed E-state index contributed by atoms with van der Waals surface area (Å²) >= 11 is 0. The van der Waals surface area contributed by atoms with E-state index in [9.17, 15) is 14.9 Å². The van der Waals surface area contributed by atoms with Crippen molar-refractivity contribution in [3.05, 3.63) is 46.1 Å². The summed E-state index contributed by atoms with van der Waals surface area (Å²) < 4.78 is 1.77. The zero-order valence-corrected chi connectivity index (χ0v) is 14.5. The SMILES string of the molecule is CC(C)n1nccc1-c1cc(C(=O)NC(C)(C)C)cc([N+](=O)[O-])c1. The summed E-state index contributed by atoms with van der Waals surface area (Å²) in [6, 6.07) is 6.29. The van der Waals surface area contributed by atoms with E-state index in [1.165, 1.54) is 12.1 Å². The molecule has 1 aromatic carbocycles. The van der Waals surface area contributed by atoms with Crippen molar-refractivity contribution in [1.29, 1.82) is 0 Å². The third-order valence-electron chi connectivity index (χ3n) is 3.33. The lowest BCUT2D eigenvalue weighted by atomic mass is 10.0. The summed E-state index contributed by atoms with van der Waals surface area (Å²) in [4.78, 5) is 23.2. The number of non-ortho nitro benzene ring substituents is 1. The van der Waals surface area contributed by atoms with Crippen LogP contribution in [0.2, 0.25) is 0 Å². The van der Waals surface area contributed by atoms with Gasteiger partial charge >= 0.3 is 0 Å². The van der Waals surface area contributed by atoms with Crippen LogP contribution in [-0.4, -0.2) is 26.1 Å². The lowest BCUT2D eigenvalue weighted by Crippen LogP contribution is -2.40. The van der Waals surface area contributed by atoms with E-state index in [0.717, 1.165) is 5.69 Å². The van der Waals surface area contributed by atoms with Gasteiger partial charge in [0.15, 0.2) is 0 Å². The molecule has 0 fully saturated rings. The Morgan fingerprint density at radius 3 is 2.50 bits per heavy atom. The van der Waals surface area contributed by atoms with Gasteiger partial charge in [-0.05, 0) is 46.8 Å². The number of carbonyl (C=O) groups excluding carboxylic acids is 1. The Bertz CT molecular complexity index is 772. The highest BCUT2D eigenvalue weighted by molar-refractivity contribution is 5.96. The molecule has 0 radical (unpaired) electrons. The molecular weight excluding hydrogens is 308 g/mol. The molecule has 2 aromatic rings. The number of nitrogens with zero attached hydrogens (tertiary/aromatic N) is 3. The van der Waals surface area contributed by atoms with Gasteiger partial charge in [0.05, 0.1) is 10.6 Å². The number of benzene rings is 1. The Hall–Kier alpha value is -2.70. The predicted molar refractivity (Wildman–Crippen MR) is 91.9 cm³/mol. The molecular formula is C17H22N4O3. The summed E-state index contributed by atoms with van der Waals surface area (Å²) in [5.41, 5.74) is 1.03. The van der Waals surface area contributed by atoms with E-state index in [0.29, 0.717) is 5.56 Å². The van der Waals surface area contributed by atoms with Crippen LogP contribution in [0.1, 0.15) is 51.0 Å². The van der Waals surface area contributed by atoms with Crippen molar-refractivity contribution in [1.82, 2.24) is 15.1 Å². The minimum atomic E-state index is -0.493. The first-order valence-corrected chi connectivity index (χ1v) is 7.74. The molecule has 0 aliphatic carbocycles. The number of nitro benzene ring substituents is 1. The van der Waals surface area contributed by atoms with Gasteiger partial charge in [-0.3, -0.25) is 19.6 Å². The Morgan fingerprint density at radius 2 is 1.96 bits per heavy atom. The van der Waals surface area contributed by atoms with Crippen molar-refractivity contribution in [2.45, 2.75) is 46.2 Å². The summed E-state index contributed by atoms with van der Waals surface area (Å²) in [6.45, 7) is 9.52.